The topological polar surface area (TPSA) is 66.4 Å². The molecule has 4 heteroatoms. The lowest BCUT2D eigenvalue weighted by atomic mass is 9.72. The van der Waals surface area contributed by atoms with Crippen molar-refractivity contribution in [1.29, 1.82) is 0 Å². The first-order valence-electron chi connectivity index (χ1n) is 5.54. The van der Waals surface area contributed by atoms with Gasteiger partial charge in [0, 0.05) is 17.4 Å². The van der Waals surface area contributed by atoms with Crippen molar-refractivity contribution in [2.75, 3.05) is 13.2 Å². The zero-order chi connectivity index (χ0) is 13.0. The number of aliphatic hydroxyl groups excluding tert-OH is 1. The maximum atomic E-state index is 11.8. The molecule has 0 atom stereocenters. The van der Waals surface area contributed by atoms with Crippen LogP contribution in [0.2, 0.25) is 0 Å². The molecule has 0 fully saturated rings. The fraction of sp³-hybridized carbons (Fsp3) is 0.833. The van der Waals surface area contributed by atoms with Crippen LogP contribution in [0.25, 0.3) is 0 Å². The van der Waals surface area contributed by atoms with Gasteiger partial charge in [0.25, 0.3) is 0 Å². The molecule has 0 saturated carbocycles. The first-order valence-corrected chi connectivity index (χ1v) is 5.54. The highest BCUT2D eigenvalue weighted by Gasteiger charge is 2.36. The minimum Gasteiger partial charge on any atom is -0.395 e. The average molecular weight is 229 g/mol. The quantitative estimate of drug-likeness (QED) is 0.717. The van der Waals surface area contributed by atoms with Crippen LogP contribution in [0.5, 0.6) is 0 Å². The van der Waals surface area contributed by atoms with Gasteiger partial charge in [0.15, 0.2) is 0 Å². The lowest BCUT2D eigenvalue weighted by molar-refractivity contribution is -0.134. The third-order valence-corrected chi connectivity index (χ3v) is 2.85. The van der Waals surface area contributed by atoms with Crippen LogP contribution in [0.1, 0.15) is 41.0 Å². The summed E-state index contributed by atoms with van der Waals surface area (Å²) in [6.07, 6.45) is 0.493. The summed E-state index contributed by atoms with van der Waals surface area (Å²) in [4.78, 5) is 23.2. The molecule has 0 aromatic carbocycles. The first-order chi connectivity index (χ1) is 7.13. The van der Waals surface area contributed by atoms with Crippen molar-refractivity contribution in [2.24, 2.45) is 10.8 Å². The van der Waals surface area contributed by atoms with Crippen LogP contribution < -0.4 is 5.32 Å². The molecule has 0 aliphatic rings. The summed E-state index contributed by atoms with van der Waals surface area (Å²) in [5.41, 5.74) is -1.11. The van der Waals surface area contributed by atoms with E-state index < -0.39 is 10.8 Å². The number of hydrogen-bond acceptors (Lipinski definition) is 3. The maximum absolute atomic E-state index is 11.8. The summed E-state index contributed by atoms with van der Waals surface area (Å²) < 4.78 is 0. The summed E-state index contributed by atoms with van der Waals surface area (Å²) in [5.74, 6) is -0.0496. The molecule has 0 saturated heterocycles. The van der Waals surface area contributed by atoms with Gasteiger partial charge >= 0.3 is 0 Å². The van der Waals surface area contributed by atoms with Gasteiger partial charge in [0.2, 0.25) is 5.91 Å². The van der Waals surface area contributed by atoms with Crippen molar-refractivity contribution in [1.82, 2.24) is 5.32 Å². The Morgan fingerprint density at radius 1 is 1.12 bits per heavy atom. The molecule has 0 aliphatic heterocycles. The normalized spacial score (nSPS) is 12.4. The number of rotatable bonds is 6. The molecule has 4 nitrogen and oxygen atoms in total. The second-order valence-electron chi connectivity index (χ2n) is 5.48. The second-order valence-corrected chi connectivity index (χ2v) is 5.48. The Kier molecular flexibility index (Phi) is 5.13. The lowest BCUT2D eigenvalue weighted by Crippen LogP contribution is -2.42. The van der Waals surface area contributed by atoms with Crippen LogP contribution in [0.4, 0.5) is 0 Å². The second kappa shape index (κ2) is 5.43. The van der Waals surface area contributed by atoms with Gasteiger partial charge in [-0.15, -0.1) is 0 Å². The van der Waals surface area contributed by atoms with E-state index >= 15 is 0 Å². The molecule has 2 N–H and O–H groups in total. The summed E-state index contributed by atoms with van der Waals surface area (Å²) in [6, 6.07) is 0. The van der Waals surface area contributed by atoms with E-state index in [1.165, 1.54) is 0 Å². The molecular formula is C12H23NO3. The van der Waals surface area contributed by atoms with E-state index in [-0.39, 0.29) is 24.8 Å². The molecule has 0 aliphatic carbocycles. The maximum Gasteiger partial charge on any atom is 0.225 e. The number of nitrogens with one attached hydrogen (secondary N) is 1. The number of hydrogen-bond donors (Lipinski definition) is 2. The smallest absolute Gasteiger partial charge is 0.225 e. The molecule has 94 valence electrons. The summed E-state index contributed by atoms with van der Waals surface area (Å²) in [5, 5.41) is 11.3. The highest BCUT2D eigenvalue weighted by atomic mass is 16.3. The van der Waals surface area contributed by atoms with Crippen LogP contribution in [0, 0.1) is 10.8 Å². The standard InChI is InChI=1S/C12H23NO3/c1-9(15)11(2,3)8-12(4,5)10(16)13-6-7-14/h14H,6-8H2,1-5H3,(H,13,16). The highest BCUT2D eigenvalue weighted by Crippen LogP contribution is 2.34. The first kappa shape index (κ1) is 15.1. The number of carbonyl (C=O) groups excluding carboxylic acids is 2. The summed E-state index contributed by atoms with van der Waals surface area (Å²) >= 11 is 0. The molecule has 0 radical (unpaired) electrons. The Morgan fingerprint density at radius 2 is 1.62 bits per heavy atom. The Balaban J connectivity index is 4.55. The highest BCUT2D eigenvalue weighted by molar-refractivity contribution is 5.85. The van der Waals surface area contributed by atoms with Gasteiger partial charge in [-0.2, -0.15) is 0 Å². The molecular weight excluding hydrogens is 206 g/mol. The lowest BCUT2D eigenvalue weighted by Gasteiger charge is -2.32. The third kappa shape index (κ3) is 4.31. The van der Waals surface area contributed by atoms with Crippen LogP contribution in [0.3, 0.4) is 0 Å². The van der Waals surface area contributed by atoms with Crippen LogP contribution in [-0.4, -0.2) is 29.9 Å². The summed E-state index contributed by atoms with van der Waals surface area (Å²) in [7, 11) is 0. The van der Waals surface area contributed by atoms with Crippen molar-refractivity contribution in [3.8, 4) is 0 Å². The van der Waals surface area contributed by atoms with Crippen molar-refractivity contribution < 1.29 is 14.7 Å². The zero-order valence-corrected chi connectivity index (χ0v) is 10.9. The molecule has 16 heavy (non-hydrogen) atoms. The predicted octanol–water partition coefficient (Wildman–Crippen LogP) is 1.13. The van der Waals surface area contributed by atoms with Gasteiger partial charge in [-0.3, -0.25) is 9.59 Å². The van der Waals surface area contributed by atoms with Crippen LogP contribution in [0.15, 0.2) is 0 Å². The van der Waals surface area contributed by atoms with E-state index in [0.717, 1.165) is 0 Å². The minimum absolute atomic E-state index is 0.0715. The fourth-order valence-corrected chi connectivity index (χ4v) is 1.72. The van der Waals surface area contributed by atoms with Crippen molar-refractivity contribution >= 4 is 11.7 Å². The predicted molar refractivity (Wildman–Crippen MR) is 63.0 cm³/mol. The third-order valence-electron chi connectivity index (χ3n) is 2.85. The van der Waals surface area contributed by atoms with Gasteiger partial charge < -0.3 is 10.4 Å². The Morgan fingerprint density at radius 3 is 2.00 bits per heavy atom. The van der Waals surface area contributed by atoms with E-state index in [9.17, 15) is 9.59 Å². The zero-order valence-electron chi connectivity index (χ0n) is 10.9. The number of carbonyl (C=O) groups is 2. The fourth-order valence-electron chi connectivity index (χ4n) is 1.72. The Hall–Kier alpha value is -0.900. The number of amides is 1. The average Bonchev–Trinajstić information content (AvgIpc) is 2.12. The molecule has 0 rings (SSSR count). The molecule has 1 amide bonds. The largest absolute Gasteiger partial charge is 0.395 e. The summed E-state index contributed by atoms with van der Waals surface area (Å²) in [6.45, 7) is 9.03. The Labute approximate surface area is 97.4 Å². The van der Waals surface area contributed by atoms with Gasteiger partial charge in [0.1, 0.15) is 5.78 Å². The molecule has 0 bridgehead atoms. The van der Waals surface area contributed by atoms with E-state index in [1.54, 1.807) is 6.92 Å². The van der Waals surface area contributed by atoms with Crippen molar-refractivity contribution in [2.45, 2.75) is 41.0 Å². The molecule has 0 unspecified atom stereocenters. The molecule has 0 aromatic heterocycles. The van der Waals surface area contributed by atoms with Crippen molar-refractivity contribution in [3.05, 3.63) is 0 Å². The van der Waals surface area contributed by atoms with Gasteiger partial charge in [-0.05, 0) is 13.3 Å². The molecule has 0 aromatic rings. The van der Waals surface area contributed by atoms with E-state index in [1.807, 2.05) is 27.7 Å². The number of aliphatic hydroxyl groups is 1. The van der Waals surface area contributed by atoms with E-state index in [4.69, 9.17) is 5.11 Å². The Bertz CT molecular complexity index is 269. The SMILES string of the molecule is CC(=O)C(C)(C)CC(C)(C)C(=O)NCCO. The van der Waals surface area contributed by atoms with Gasteiger partial charge in [-0.25, -0.2) is 0 Å². The monoisotopic (exact) mass is 229 g/mol. The molecule has 0 spiro atoms. The van der Waals surface area contributed by atoms with Crippen LogP contribution in [-0.2, 0) is 9.59 Å². The number of ketones is 1. The van der Waals surface area contributed by atoms with Gasteiger partial charge in [-0.1, -0.05) is 27.7 Å². The number of Topliss-reactive ketones (excluding diaryl/α,β-unsaturated/α-hetero) is 1. The van der Waals surface area contributed by atoms with E-state index in [0.29, 0.717) is 6.42 Å². The van der Waals surface area contributed by atoms with Crippen molar-refractivity contribution in [3.63, 3.8) is 0 Å². The minimum atomic E-state index is -0.607. The van der Waals surface area contributed by atoms with E-state index in [2.05, 4.69) is 5.32 Å². The van der Waals surface area contributed by atoms with Gasteiger partial charge in [0.05, 0.1) is 6.61 Å². The van der Waals surface area contributed by atoms with Crippen LogP contribution >= 0.6 is 0 Å². The molecule has 0 heterocycles.